The fourth-order valence-corrected chi connectivity index (χ4v) is 8.17. The molecule has 0 bridgehead atoms. The Bertz CT molecular complexity index is 1820. The van der Waals surface area contributed by atoms with Crippen LogP contribution in [0.4, 0.5) is 19.0 Å². The molecule has 0 spiro atoms. The Morgan fingerprint density at radius 2 is 2.00 bits per heavy atom. The van der Waals surface area contributed by atoms with E-state index in [1.165, 1.54) is 24.4 Å². The maximum absolute atomic E-state index is 16.7. The summed E-state index contributed by atoms with van der Waals surface area (Å²) in [5.41, 5.74) is -0.700. The van der Waals surface area contributed by atoms with Crippen LogP contribution >= 0.6 is 0 Å². The van der Waals surface area contributed by atoms with E-state index in [1.54, 1.807) is 6.07 Å². The molecule has 4 fully saturated rings. The molecular weight excluding hydrogens is 571 g/mol. The maximum atomic E-state index is 16.7. The van der Waals surface area contributed by atoms with Crippen LogP contribution in [0.15, 0.2) is 30.5 Å². The summed E-state index contributed by atoms with van der Waals surface area (Å²) >= 11 is 0. The highest BCUT2D eigenvalue weighted by Crippen LogP contribution is 2.47. The van der Waals surface area contributed by atoms with Gasteiger partial charge in [-0.15, -0.1) is 0 Å². The van der Waals surface area contributed by atoms with E-state index in [4.69, 9.17) is 9.72 Å². The molecular formula is C33H34F3N5O3. The zero-order valence-corrected chi connectivity index (χ0v) is 24.5. The molecule has 4 aromatic rings. The first-order chi connectivity index (χ1) is 21.2. The Hall–Kier alpha value is -3.70. The van der Waals surface area contributed by atoms with E-state index in [2.05, 4.69) is 14.9 Å². The smallest absolute Gasteiger partial charge is 0.319 e. The van der Waals surface area contributed by atoms with Gasteiger partial charge in [0.15, 0.2) is 5.82 Å². The Kier molecular flexibility index (Phi) is 6.26. The van der Waals surface area contributed by atoms with Gasteiger partial charge in [-0.05, 0) is 73.2 Å². The van der Waals surface area contributed by atoms with Gasteiger partial charge in [-0.3, -0.25) is 9.88 Å². The van der Waals surface area contributed by atoms with E-state index in [-0.39, 0.29) is 41.1 Å². The zero-order valence-electron chi connectivity index (χ0n) is 24.5. The molecule has 2 aromatic heterocycles. The van der Waals surface area contributed by atoms with Gasteiger partial charge in [0.2, 0.25) is 0 Å². The SMILES string of the molecule is CCc1c(F)ccc2cc(O)cc(-c3ncc4c(N5C[C@H]6CC[C@@]6(O)C5)nc(OC[C@@]56CCCN5C[C@H](F)C6)nc4c3F)c12. The predicted molar refractivity (Wildman–Crippen MR) is 160 cm³/mol. The van der Waals surface area contributed by atoms with Gasteiger partial charge in [0.1, 0.15) is 41.4 Å². The number of anilines is 1. The summed E-state index contributed by atoms with van der Waals surface area (Å²) < 4.78 is 52.3. The van der Waals surface area contributed by atoms with E-state index in [1.807, 2.05) is 11.8 Å². The number of ether oxygens (including phenoxy) is 1. The fraction of sp³-hybridized carbons (Fsp3) is 0.485. The van der Waals surface area contributed by atoms with E-state index < -0.39 is 28.9 Å². The normalized spacial score (nSPS) is 28.1. The number of phenols is 1. The Morgan fingerprint density at radius 1 is 1.14 bits per heavy atom. The first-order valence-electron chi connectivity index (χ1n) is 15.5. The lowest BCUT2D eigenvalue weighted by Gasteiger charge is -2.38. The molecule has 1 aliphatic carbocycles. The summed E-state index contributed by atoms with van der Waals surface area (Å²) in [7, 11) is 0. The van der Waals surface area contributed by atoms with E-state index in [0.29, 0.717) is 66.4 Å². The second kappa shape index (κ2) is 9.90. The van der Waals surface area contributed by atoms with E-state index in [0.717, 1.165) is 25.8 Å². The maximum Gasteiger partial charge on any atom is 0.319 e. The van der Waals surface area contributed by atoms with Crippen LogP contribution in [0.25, 0.3) is 32.9 Å². The largest absolute Gasteiger partial charge is 0.508 e. The van der Waals surface area contributed by atoms with E-state index >= 15 is 4.39 Å². The van der Waals surface area contributed by atoms with Crippen molar-refractivity contribution in [1.82, 2.24) is 19.9 Å². The van der Waals surface area contributed by atoms with Crippen LogP contribution < -0.4 is 9.64 Å². The van der Waals surface area contributed by atoms with Crippen LogP contribution in [0.3, 0.4) is 0 Å². The average molecular weight is 606 g/mol. The molecule has 4 atom stereocenters. The first-order valence-corrected chi connectivity index (χ1v) is 15.5. The Labute approximate surface area is 252 Å². The summed E-state index contributed by atoms with van der Waals surface area (Å²) in [6.07, 6.45) is 4.66. The van der Waals surface area contributed by atoms with Crippen LogP contribution in [0, 0.1) is 17.6 Å². The highest BCUT2D eigenvalue weighted by atomic mass is 19.1. The van der Waals surface area contributed by atoms with Gasteiger partial charge in [0.05, 0.1) is 16.5 Å². The predicted octanol–water partition coefficient (Wildman–Crippen LogP) is 5.31. The van der Waals surface area contributed by atoms with Gasteiger partial charge in [-0.2, -0.15) is 9.97 Å². The number of β-amino-alcohol motifs (C(OH)–C–C–N with tert-alkyl or cyclic N) is 1. The topological polar surface area (TPSA) is 94.8 Å². The monoisotopic (exact) mass is 605 g/mol. The molecule has 3 aliphatic heterocycles. The summed E-state index contributed by atoms with van der Waals surface area (Å²) in [4.78, 5) is 17.8. The van der Waals surface area contributed by atoms with E-state index in [9.17, 15) is 19.0 Å². The third-order valence-corrected chi connectivity index (χ3v) is 10.5. The minimum atomic E-state index is -0.922. The molecule has 230 valence electrons. The number of benzene rings is 2. The molecule has 3 saturated heterocycles. The van der Waals surface area contributed by atoms with Crippen LogP contribution in [-0.4, -0.2) is 80.2 Å². The zero-order chi connectivity index (χ0) is 30.4. The highest BCUT2D eigenvalue weighted by molar-refractivity contribution is 6.01. The second-order valence-electron chi connectivity index (χ2n) is 13.1. The number of aromatic nitrogens is 3. The number of alkyl halides is 1. The van der Waals surface area contributed by atoms with Gasteiger partial charge < -0.3 is 19.8 Å². The first kappa shape index (κ1) is 27.8. The standard InChI is InChI=1S/C33H34F3N5O3/c1-2-22-25(35)5-4-18-10-21(42)11-23(26(18)22)28-27(36)29-24(13-37-28)30(40-14-19-6-8-33(19,43)16-40)39-31(38-29)44-17-32-7-3-9-41(32)15-20(34)12-32/h4-5,10-11,13,19-20,42-43H,2-3,6-9,12,14-17H2,1H3/t19-,20-,32+,33-/m1/s1. The molecule has 0 amide bonds. The molecule has 11 heteroatoms. The van der Waals surface area contributed by atoms with Crippen LogP contribution in [-0.2, 0) is 6.42 Å². The number of fused-ring (bicyclic) bond motifs is 4. The van der Waals surface area contributed by atoms with Crippen molar-refractivity contribution in [2.75, 3.05) is 37.7 Å². The number of aliphatic hydroxyl groups is 1. The number of hydrogen-bond acceptors (Lipinski definition) is 8. The highest BCUT2D eigenvalue weighted by Gasteiger charge is 2.53. The van der Waals surface area contributed by atoms with Gasteiger partial charge in [-0.25, -0.2) is 13.2 Å². The Morgan fingerprint density at radius 3 is 2.75 bits per heavy atom. The van der Waals surface area contributed by atoms with Gasteiger partial charge in [-0.1, -0.05) is 13.0 Å². The van der Waals surface area contributed by atoms with Crippen LogP contribution in [0.2, 0.25) is 0 Å². The number of aryl methyl sites for hydroxylation is 1. The number of aromatic hydroxyl groups is 1. The molecule has 5 heterocycles. The Balaban J connectivity index is 1.27. The summed E-state index contributed by atoms with van der Waals surface area (Å²) in [6.45, 7) is 4.10. The lowest BCUT2D eigenvalue weighted by atomic mass is 9.72. The number of hydrogen-bond donors (Lipinski definition) is 2. The van der Waals surface area contributed by atoms with Gasteiger partial charge in [0.25, 0.3) is 0 Å². The minimum absolute atomic E-state index is 0.0252. The third kappa shape index (κ3) is 4.15. The molecule has 1 saturated carbocycles. The third-order valence-electron chi connectivity index (χ3n) is 10.5. The number of phenolic OH excluding ortho intramolecular Hbond substituents is 1. The van der Waals surface area contributed by atoms with Crippen molar-refractivity contribution in [3.05, 3.63) is 47.7 Å². The minimum Gasteiger partial charge on any atom is -0.508 e. The second-order valence-corrected chi connectivity index (χ2v) is 13.1. The summed E-state index contributed by atoms with van der Waals surface area (Å²) in [5, 5.41) is 23.0. The van der Waals surface area contributed by atoms with Crippen LogP contribution in [0.5, 0.6) is 11.8 Å². The molecule has 0 unspecified atom stereocenters. The van der Waals surface area contributed by atoms with Crippen molar-refractivity contribution < 1.29 is 28.1 Å². The van der Waals surface area contributed by atoms with Gasteiger partial charge in [0, 0.05) is 43.7 Å². The van der Waals surface area contributed by atoms with Crippen molar-refractivity contribution in [3.8, 4) is 23.0 Å². The molecule has 8 nitrogen and oxygen atoms in total. The van der Waals surface area contributed by atoms with Gasteiger partial charge >= 0.3 is 6.01 Å². The van der Waals surface area contributed by atoms with Crippen LogP contribution in [0.1, 0.15) is 44.6 Å². The van der Waals surface area contributed by atoms with Crippen molar-refractivity contribution in [3.63, 3.8) is 0 Å². The number of nitrogens with zero attached hydrogens (tertiary/aromatic N) is 5. The molecule has 8 rings (SSSR count). The van der Waals surface area contributed by atoms with Crippen molar-refractivity contribution in [2.45, 2.75) is 62.8 Å². The molecule has 4 aliphatic rings. The lowest BCUT2D eigenvalue weighted by Crippen LogP contribution is -2.46. The van der Waals surface area contributed by atoms with Crippen molar-refractivity contribution in [2.24, 2.45) is 5.92 Å². The molecule has 2 aromatic carbocycles. The molecule has 0 radical (unpaired) electrons. The lowest BCUT2D eigenvalue weighted by molar-refractivity contribution is -0.0564. The number of halogens is 3. The average Bonchev–Trinajstić information content (AvgIpc) is 3.60. The molecule has 2 N–H and O–H groups in total. The van der Waals surface area contributed by atoms with Crippen molar-refractivity contribution >= 4 is 27.5 Å². The van der Waals surface area contributed by atoms with Crippen molar-refractivity contribution in [1.29, 1.82) is 0 Å². The summed E-state index contributed by atoms with van der Waals surface area (Å²) in [6, 6.07) is 5.79. The summed E-state index contributed by atoms with van der Waals surface area (Å²) in [5.74, 6) is -0.750. The fourth-order valence-electron chi connectivity index (χ4n) is 8.17. The quantitative estimate of drug-likeness (QED) is 0.306. The molecule has 44 heavy (non-hydrogen) atoms. The number of pyridine rings is 1. The number of rotatable bonds is 6.